The second-order valence-corrected chi connectivity index (χ2v) is 14.6. The van der Waals surface area contributed by atoms with Crippen LogP contribution < -0.4 is 26.2 Å². The normalized spacial score (nSPS) is 15.5. The van der Waals surface area contributed by atoms with Crippen LogP contribution >= 0.6 is 0 Å². The van der Waals surface area contributed by atoms with E-state index in [1.165, 1.54) is 0 Å². The van der Waals surface area contributed by atoms with Crippen LogP contribution in [0.5, 0.6) is 5.75 Å². The molecule has 1 N–H and O–H groups in total. The summed E-state index contributed by atoms with van der Waals surface area (Å²) < 4.78 is 20.8. The first-order valence-electron chi connectivity index (χ1n) is 19.1. The van der Waals surface area contributed by atoms with E-state index < -0.39 is 5.63 Å². The lowest BCUT2D eigenvalue weighted by Crippen LogP contribution is -2.48. The number of nitrogens with one attached hydrogen (secondary N) is 1. The molecule has 2 aliphatic heterocycles. The van der Waals surface area contributed by atoms with E-state index in [0.717, 1.165) is 79.8 Å². The Bertz CT molecular complexity index is 2720. The third kappa shape index (κ3) is 7.26. The Labute approximate surface area is 321 Å². The van der Waals surface area contributed by atoms with Crippen molar-refractivity contribution in [3.8, 4) is 28.3 Å². The van der Waals surface area contributed by atoms with Crippen molar-refractivity contribution in [3.63, 3.8) is 0 Å². The second-order valence-electron chi connectivity index (χ2n) is 14.6. The molecule has 8 heterocycles. The third-order valence-electron chi connectivity index (χ3n) is 10.6. The number of piperazine rings is 1. The maximum Gasteiger partial charge on any atom is 0.345 e. The summed E-state index contributed by atoms with van der Waals surface area (Å²) in [6, 6.07) is 25.5. The second kappa shape index (κ2) is 15.1. The van der Waals surface area contributed by atoms with Gasteiger partial charge in [-0.1, -0.05) is 6.07 Å². The lowest BCUT2D eigenvalue weighted by atomic mass is 10.1. The molecule has 56 heavy (non-hydrogen) atoms. The first-order valence-corrected chi connectivity index (χ1v) is 19.1. The van der Waals surface area contributed by atoms with Gasteiger partial charge < -0.3 is 23.8 Å². The first-order chi connectivity index (χ1) is 27.3. The molecule has 2 aromatic carbocycles. The quantitative estimate of drug-likeness (QED) is 0.193. The number of hydrogen-bond acceptors (Lipinski definition) is 11. The minimum absolute atomic E-state index is 0.195. The predicted octanol–water partition coefficient (Wildman–Crippen LogP) is 6.27. The van der Waals surface area contributed by atoms with Gasteiger partial charge in [-0.25, -0.2) is 24.1 Å². The van der Waals surface area contributed by atoms with Crippen molar-refractivity contribution in [3.05, 3.63) is 124 Å². The smallest absolute Gasteiger partial charge is 0.345 e. The summed E-state index contributed by atoms with van der Waals surface area (Å²) in [5.74, 6) is 1.26. The average Bonchev–Trinajstić information content (AvgIpc) is 3.86. The van der Waals surface area contributed by atoms with Gasteiger partial charge in [-0.15, -0.1) is 0 Å². The number of benzene rings is 2. The minimum Gasteiger partial charge on any atom is -0.490 e. The van der Waals surface area contributed by atoms with Crippen molar-refractivity contribution in [2.45, 2.75) is 38.8 Å². The maximum atomic E-state index is 12.7. The summed E-state index contributed by atoms with van der Waals surface area (Å²) in [7, 11) is 0. The van der Waals surface area contributed by atoms with Crippen LogP contribution in [0.1, 0.15) is 26.7 Å². The number of fused-ring (bicyclic) bond motifs is 4. The van der Waals surface area contributed by atoms with Crippen LogP contribution in [0.25, 0.3) is 55.7 Å². The van der Waals surface area contributed by atoms with E-state index in [-0.39, 0.29) is 11.7 Å². The number of hydrogen-bond donors (Lipinski definition) is 1. The number of nitrogens with zero attached hydrogens (tertiary/aromatic N) is 7. The van der Waals surface area contributed by atoms with E-state index in [1.807, 2.05) is 73.1 Å². The topological polar surface area (TPSA) is 136 Å². The van der Waals surface area contributed by atoms with Crippen molar-refractivity contribution in [2.24, 2.45) is 0 Å². The lowest BCUT2D eigenvalue weighted by Gasteiger charge is -2.38. The monoisotopic (exact) mass is 750 g/mol. The zero-order valence-corrected chi connectivity index (χ0v) is 31.3. The number of pyridine rings is 1. The standard InChI is InChI=1S/C23H24N4O2.C20H18N4O3/c1-16(2)25-9-11-26(12-10-25)18-7-6-17-13-20(23(28)29-22(17)15-18)21-14-19-5-3-4-8-27(19)24-21;25-19-16(17-12-24-9-1-6-22-20(24)23-17)10-13-2-3-15(11-18(13)27-19)26-14-4-7-21-8-5-14/h3-8,13-16H,9-12H2,1-2H3;1-3,6,9-12,14,21H,4-5,7-8H2. The summed E-state index contributed by atoms with van der Waals surface area (Å²) in [6.45, 7) is 10.5. The number of piperidine rings is 1. The molecule has 2 saturated heterocycles. The van der Waals surface area contributed by atoms with E-state index in [9.17, 15) is 9.59 Å². The Morgan fingerprint density at radius 3 is 2.25 bits per heavy atom. The molecule has 8 aromatic rings. The predicted molar refractivity (Wildman–Crippen MR) is 217 cm³/mol. The van der Waals surface area contributed by atoms with Gasteiger partial charge in [-0.3, -0.25) is 9.30 Å². The van der Waals surface area contributed by atoms with Gasteiger partial charge in [0.15, 0.2) is 0 Å². The molecule has 0 amide bonds. The Kier molecular flexibility index (Phi) is 9.53. The van der Waals surface area contributed by atoms with Crippen molar-refractivity contribution in [1.82, 2.24) is 34.2 Å². The highest BCUT2D eigenvalue weighted by Crippen LogP contribution is 2.28. The van der Waals surface area contributed by atoms with Crippen LogP contribution in [-0.2, 0) is 0 Å². The van der Waals surface area contributed by atoms with Crippen LogP contribution in [0, 0.1) is 0 Å². The van der Waals surface area contributed by atoms with Gasteiger partial charge in [0, 0.05) is 85.6 Å². The molecule has 284 valence electrons. The van der Waals surface area contributed by atoms with Crippen LogP contribution in [0.4, 0.5) is 5.69 Å². The summed E-state index contributed by atoms with van der Waals surface area (Å²) in [5.41, 5.74) is 4.46. The van der Waals surface area contributed by atoms with E-state index in [1.54, 1.807) is 33.4 Å². The molecule has 0 saturated carbocycles. The van der Waals surface area contributed by atoms with Gasteiger partial charge in [0.1, 0.15) is 28.7 Å². The van der Waals surface area contributed by atoms with Gasteiger partial charge in [-0.05, 0) is 100 Å². The lowest BCUT2D eigenvalue weighted by molar-refractivity contribution is 0.162. The summed E-state index contributed by atoms with van der Waals surface area (Å²) in [4.78, 5) is 38.6. The van der Waals surface area contributed by atoms with Crippen molar-refractivity contribution >= 4 is 38.9 Å². The third-order valence-corrected chi connectivity index (χ3v) is 10.6. The summed E-state index contributed by atoms with van der Waals surface area (Å²) in [5, 5.41) is 9.55. The van der Waals surface area contributed by atoms with E-state index in [0.29, 0.717) is 45.5 Å². The van der Waals surface area contributed by atoms with Crippen molar-refractivity contribution < 1.29 is 13.6 Å². The highest BCUT2D eigenvalue weighted by atomic mass is 16.5. The first kappa shape index (κ1) is 35.4. The Hall–Kier alpha value is -6.31. The molecular weight excluding hydrogens is 709 g/mol. The van der Waals surface area contributed by atoms with Gasteiger partial charge in [0.25, 0.3) is 0 Å². The van der Waals surface area contributed by atoms with E-state index >= 15 is 0 Å². The molecule has 10 rings (SSSR count). The summed E-state index contributed by atoms with van der Waals surface area (Å²) in [6.07, 6.45) is 9.29. The van der Waals surface area contributed by atoms with Gasteiger partial charge in [0.2, 0.25) is 5.78 Å². The number of aromatic nitrogens is 5. The molecule has 2 aliphatic rings. The van der Waals surface area contributed by atoms with Gasteiger partial charge in [-0.2, -0.15) is 5.10 Å². The SMILES string of the molecule is CC(C)N1CCN(c2ccc3cc(-c4cc5ccccn5n4)c(=O)oc3c2)CC1.O=c1oc2cc(OC3CCNCC3)ccc2cc1-c1cn2cccnc2n1. The zero-order valence-electron chi connectivity index (χ0n) is 31.3. The molecule has 13 nitrogen and oxygen atoms in total. The van der Waals surface area contributed by atoms with Crippen molar-refractivity contribution in [2.75, 3.05) is 44.2 Å². The molecule has 0 radical (unpaired) electrons. The Morgan fingerprint density at radius 2 is 1.52 bits per heavy atom. The van der Waals surface area contributed by atoms with Crippen LogP contribution in [-0.4, -0.2) is 80.3 Å². The molecule has 6 aromatic heterocycles. The number of ether oxygens (including phenoxy) is 1. The molecular formula is C43H42N8O5. The fourth-order valence-electron chi connectivity index (χ4n) is 7.45. The fourth-order valence-corrected chi connectivity index (χ4v) is 7.45. The van der Waals surface area contributed by atoms with Gasteiger partial charge in [0.05, 0.1) is 22.3 Å². The number of imidazole rings is 1. The molecule has 0 bridgehead atoms. The molecule has 0 unspecified atom stereocenters. The maximum absolute atomic E-state index is 12.7. The molecule has 2 fully saturated rings. The Morgan fingerprint density at radius 1 is 0.786 bits per heavy atom. The molecule has 0 atom stereocenters. The molecule has 13 heteroatoms. The Balaban J connectivity index is 0.000000147. The summed E-state index contributed by atoms with van der Waals surface area (Å²) >= 11 is 0. The highest BCUT2D eigenvalue weighted by Gasteiger charge is 2.21. The van der Waals surface area contributed by atoms with Crippen LogP contribution in [0.2, 0.25) is 0 Å². The fraction of sp³-hybridized carbons (Fsp3) is 0.279. The van der Waals surface area contributed by atoms with E-state index in [2.05, 4.69) is 50.1 Å². The van der Waals surface area contributed by atoms with Crippen LogP contribution in [0.3, 0.4) is 0 Å². The largest absolute Gasteiger partial charge is 0.490 e. The highest BCUT2D eigenvalue weighted by molar-refractivity contribution is 5.85. The minimum atomic E-state index is -0.426. The molecule has 0 spiro atoms. The van der Waals surface area contributed by atoms with Gasteiger partial charge >= 0.3 is 11.3 Å². The number of rotatable bonds is 6. The zero-order chi connectivity index (χ0) is 38.2. The molecule has 0 aliphatic carbocycles. The van der Waals surface area contributed by atoms with E-state index in [4.69, 9.17) is 13.6 Å². The van der Waals surface area contributed by atoms with Crippen molar-refractivity contribution in [1.29, 1.82) is 0 Å². The number of anilines is 1. The average molecular weight is 751 g/mol. The van der Waals surface area contributed by atoms with Crippen LogP contribution in [0.15, 0.2) is 122 Å².